The van der Waals surface area contributed by atoms with Gasteiger partial charge in [-0.25, -0.2) is 8.78 Å². The lowest BCUT2D eigenvalue weighted by atomic mass is 10.1. The van der Waals surface area contributed by atoms with Gasteiger partial charge in [0, 0.05) is 12.8 Å². The number of rotatable bonds is 8. The number of unbranched alkanes of at least 4 members (excludes halogenated alkanes) is 4. The van der Waals surface area contributed by atoms with Gasteiger partial charge in [-0.15, -0.1) is 0 Å². The second-order valence-electron chi connectivity index (χ2n) is 3.50. The van der Waals surface area contributed by atoms with Gasteiger partial charge in [0.25, 0.3) is 0 Å². The van der Waals surface area contributed by atoms with Crippen LogP contribution in [0.15, 0.2) is 4.52 Å². The second-order valence-corrected chi connectivity index (χ2v) is 3.50. The molecule has 1 heterocycles. The van der Waals surface area contributed by atoms with Crippen molar-refractivity contribution in [3.8, 4) is 0 Å². The van der Waals surface area contributed by atoms with Gasteiger partial charge in [0.2, 0.25) is 6.43 Å². The van der Waals surface area contributed by atoms with E-state index in [1.165, 1.54) is 0 Å². The maximum Gasteiger partial charge on any atom is 0.316 e. The smallest absolute Gasteiger partial charge is 0.316 e. The summed E-state index contributed by atoms with van der Waals surface area (Å²) in [5, 5.41) is 3.63. The molecule has 0 aliphatic rings. The van der Waals surface area contributed by atoms with Crippen molar-refractivity contribution in [3.05, 3.63) is 12.2 Å². The van der Waals surface area contributed by atoms with Crippen molar-refractivity contribution < 1.29 is 13.3 Å². The topological polar surface area (TPSA) is 38.9 Å². The van der Waals surface area contributed by atoms with Gasteiger partial charge >= 0.3 is 6.39 Å². The van der Waals surface area contributed by atoms with Crippen LogP contribution in [0.5, 0.6) is 0 Å². The Balaban J connectivity index is 1.85. The quantitative estimate of drug-likeness (QED) is 0.628. The second kappa shape index (κ2) is 7.31. The standard InChI is InChI=1S/C10H15F2N2O/c11-9(12)6-4-2-1-3-5-7-10-13-8-15-14-10/h9H,1-7H2. The Labute approximate surface area is 87.9 Å². The van der Waals surface area contributed by atoms with Gasteiger partial charge in [-0.3, -0.25) is 0 Å². The fraction of sp³-hybridized carbons (Fsp3) is 0.800. The largest absolute Gasteiger partial charge is 0.329 e. The summed E-state index contributed by atoms with van der Waals surface area (Å²) in [4.78, 5) is 3.77. The summed E-state index contributed by atoms with van der Waals surface area (Å²) < 4.78 is 28.0. The van der Waals surface area contributed by atoms with Gasteiger partial charge in [-0.05, 0) is 12.8 Å². The van der Waals surface area contributed by atoms with E-state index in [0.717, 1.165) is 32.1 Å². The van der Waals surface area contributed by atoms with Gasteiger partial charge in [0.05, 0.1) is 0 Å². The van der Waals surface area contributed by atoms with Crippen molar-refractivity contribution in [1.29, 1.82) is 0 Å². The van der Waals surface area contributed by atoms with Gasteiger partial charge < -0.3 is 4.52 Å². The molecule has 1 rings (SSSR count). The normalized spacial score (nSPS) is 11.1. The Morgan fingerprint density at radius 3 is 2.53 bits per heavy atom. The number of nitrogens with zero attached hydrogens (tertiary/aromatic N) is 2. The number of alkyl halides is 2. The minimum Gasteiger partial charge on any atom is -0.329 e. The van der Waals surface area contributed by atoms with Gasteiger partial charge in [0.15, 0.2) is 5.82 Å². The first-order valence-electron chi connectivity index (χ1n) is 5.26. The first kappa shape index (κ1) is 12.1. The minimum atomic E-state index is -2.15. The summed E-state index contributed by atoms with van der Waals surface area (Å²) in [6, 6.07) is 0. The predicted molar refractivity (Wildman–Crippen MR) is 50.5 cm³/mol. The number of aromatic nitrogens is 2. The molecule has 0 unspecified atom stereocenters. The molecule has 0 aromatic carbocycles. The average Bonchev–Trinajstić information content (AvgIpc) is 2.68. The van der Waals surface area contributed by atoms with Crippen LogP contribution >= 0.6 is 0 Å². The van der Waals surface area contributed by atoms with Gasteiger partial charge in [-0.1, -0.05) is 24.4 Å². The highest BCUT2D eigenvalue weighted by atomic mass is 19.3. The van der Waals surface area contributed by atoms with Gasteiger partial charge in [-0.2, -0.15) is 4.98 Å². The van der Waals surface area contributed by atoms with Crippen molar-refractivity contribution in [1.82, 2.24) is 10.1 Å². The lowest BCUT2D eigenvalue weighted by Crippen LogP contribution is -1.91. The zero-order valence-electron chi connectivity index (χ0n) is 8.59. The van der Waals surface area contributed by atoms with E-state index in [-0.39, 0.29) is 6.42 Å². The van der Waals surface area contributed by atoms with Crippen molar-refractivity contribution in [2.75, 3.05) is 0 Å². The van der Waals surface area contributed by atoms with E-state index in [4.69, 9.17) is 0 Å². The zero-order chi connectivity index (χ0) is 10.9. The zero-order valence-corrected chi connectivity index (χ0v) is 8.59. The Kier molecular flexibility index (Phi) is 5.88. The van der Waals surface area contributed by atoms with E-state index >= 15 is 0 Å². The fourth-order valence-electron chi connectivity index (χ4n) is 1.38. The molecule has 0 atom stereocenters. The molecule has 0 amide bonds. The molecule has 0 bridgehead atoms. The molecule has 0 saturated carbocycles. The molecule has 0 spiro atoms. The molecule has 1 aromatic heterocycles. The lowest BCUT2D eigenvalue weighted by Gasteiger charge is -1.99. The first-order chi connectivity index (χ1) is 7.29. The summed E-state index contributed by atoms with van der Waals surface area (Å²) in [7, 11) is 0. The van der Waals surface area contributed by atoms with Crippen molar-refractivity contribution in [2.24, 2.45) is 0 Å². The maximum absolute atomic E-state index is 11.8. The van der Waals surface area contributed by atoms with Crippen molar-refractivity contribution in [3.63, 3.8) is 0 Å². The summed E-state index contributed by atoms with van der Waals surface area (Å²) in [5.74, 6) is 0.669. The number of hydrogen-bond acceptors (Lipinski definition) is 3. The summed E-state index contributed by atoms with van der Waals surface area (Å²) in [6.07, 6.45) is 5.43. The Morgan fingerprint density at radius 1 is 1.13 bits per heavy atom. The van der Waals surface area contributed by atoms with Crippen LogP contribution in [0.1, 0.15) is 44.3 Å². The molecule has 0 aliphatic heterocycles. The highest BCUT2D eigenvalue weighted by Gasteiger charge is 2.01. The van der Waals surface area contributed by atoms with Crippen LogP contribution in [-0.4, -0.2) is 16.6 Å². The molecule has 1 radical (unpaired) electrons. The summed E-state index contributed by atoms with van der Waals surface area (Å²) >= 11 is 0. The van der Waals surface area contributed by atoms with E-state index in [1.807, 2.05) is 0 Å². The Morgan fingerprint density at radius 2 is 1.87 bits per heavy atom. The highest BCUT2D eigenvalue weighted by Crippen LogP contribution is 2.10. The Hall–Kier alpha value is -1.00. The highest BCUT2D eigenvalue weighted by molar-refractivity contribution is 4.76. The Bertz CT molecular complexity index is 240. The maximum atomic E-state index is 11.8. The van der Waals surface area contributed by atoms with E-state index in [0.29, 0.717) is 12.2 Å². The molecule has 15 heavy (non-hydrogen) atoms. The number of hydrogen-bond donors (Lipinski definition) is 0. The first-order valence-corrected chi connectivity index (χ1v) is 5.26. The summed E-state index contributed by atoms with van der Waals surface area (Å²) in [5.41, 5.74) is 0. The van der Waals surface area contributed by atoms with Crippen LogP contribution in [0.2, 0.25) is 0 Å². The molecule has 0 aliphatic carbocycles. The average molecular weight is 217 g/mol. The van der Waals surface area contributed by atoms with Crippen LogP contribution in [0, 0.1) is 6.39 Å². The molecule has 1 aromatic rings. The van der Waals surface area contributed by atoms with Crippen LogP contribution < -0.4 is 0 Å². The number of aryl methyl sites for hydroxylation is 1. The number of halogens is 2. The molecule has 5 heteroatoms. The summed E-state index contributed by atoms with van der Waals surface area (Å²) in [6.45, 7) is 0. The minimum absolute atomic E-state index is 0.0276. The molecular formula is C10H15F2N2O. The molecular weight excluding hydrogens is 202 g/mol. The van der Waals surface area contributed by atoms with Crippen molar-refractivity contribution in [2.45, 2.75) is 51.4 Å². The van der Waals surface area contributed by atoms with E-state index in [9.17, 15) is 8.78 Å². The molecule has 0 fully saturated rings. The molecule has 85 valence electrons. The van der Waals surface area contributed by atoms with E-state index in [2.05, 4.69) is 21.1 Å². The van der Waals surface area contributed by atoms with Crippen LogP contribution in [0.4, 0.5) is 8.78 Å². The van der Waals surface area contributed by atoms with Crippen LogP contribution in [0.25, 0.3) is 0 Å². The van der Waals surface area contributed by atoms with E-state index in [1.54, 1.807) is 0 Å². The molecule has 0 saturated heterocycles. The van der Waals surface area contributed by atoms with Crippen molar-refractivity contribution >= 4 is 0 Å². The van der Waals surface area contributed by atoms with Crippen LogP contribution in [0.3, 0.4) is 0 Å². The molecule has 3 nitrogen and oxygen atoms in total. The third kappa shape index (κ3) is 6.14. The third-order valence-corrected chi connectivity index (χ3v) is 2.19. The van der Waals surface area contributed by atoms with Crippen LogP contribution in [-0.2, 0) is 6.42 Å². The molecule has 0 N–H and O–H groups in total. The predicted octanol–water partition coefficient (Wildman–Crippen LogP) is 3.02. The lowest BCUT2D eigenvalue weighted by molar-refractivity contribution is 0.133. The third-order valence-electron chi connectivity index (χ3n) is 2.19. The monoisotopic (exact) mass is 217 g/mol. The van der Waals surface area contributed by atoms with E-state index < -0.39 is 6.43 Å². The van der Waals surface area contributed by atoms with Gasteiger partial charge in [0.1, 0.15) is 0 Å². The fourth-order valence-corrected chi connectivity index (χ4v) is 1.38. The SMILES string of the molecule is FC(F)CCCCCCCc1n[c]on1.